The predicted molar refractivity (Wildman–Crippen MR) is 53.4 cm³/mol. The Labute approximate surface area is 127 Å². The quantitative estimate of drug-likeness (QED) is 0.527. The van der Waals surface area contributed by atoms with Gasteiger partial charge in [0.05, 0.1) is 0 Å². The normalized spacial score (nSPS) is 19.6. The van der Waals surface area contributed by atoms with Crippen molar-refractivity contribution in [2.45, 2.75) is 25.8 Å². The van der Waals surface area contributed by atoms with E-state index in [1.165, 1.54) is 4.90 Å². The number of primary amides is 1. The van der Waals surface area contributed by atoms with Crippen molar-refractivity contribution < 1.29 is 54.2 Å². The minimum absolute atomic E-state index is 0. The average Bonchev–Trinajstić information content (AvgIpc) is 2.46. The molecule has 18 heavy (non-hydrogen) atoms. The van der Waals surface area contributed by atoms with Gasteiger partial charge in [-0.3, -0.25) is 9.59 Å². The Morgan fingerprint density at radius 3 is 2.56 bits per heavy atom. The zero-order valence-corrected chi connectivity index (χ0v) is 11.9. The van der Waals surface area contributed by atoms with Crippen molar-refractivity contribution in [3.63, 3.8) is 0 Å². The topological polar surface area (TPSA) is 63.4 Å². The van der Waals surface area contributed by atoms with Crippen molar-refractivity contribution in [3.8, 4) is 0 Å². The fourth-order valence-corrected chi connectivity index (χ4v) is 1.93. The van der Waals surface area contributed by atoms with Gasteiger partial charge in [-0.2, -0.15) is 8.78 Å². The van der Waals surface area contributed by atoms with Crippen LogP contribution in [0.5, 0.6) is 0 Å². The Morgan fingerprint density at radius 1 is 1.61 bits per heavy atom. The van der Waals surface area contributed by atoms with Crippen LogP contribution in [0.1, 0.15) is 19.8 Å². The first kappa shape index (κ1) is 19.9. The third-order valence-corrected chi connectivity index (χ3v) is 2.64. The fraction of sp³-hybridized carbons (Fsp3) is 0.600. The Bertz CT molecular complexity index is 338. The summed E-state index contributed by atoms with van der Waals surface area (Å²) >= 11 is 0. The van der Waals surface area contributed by atoms with Crippen LogP contribution in [0.25, 0.3) is 0 Å². The summed E-state index contributed by atoms with van der Waals surface area (Å²) in [5.41, 5.74) is 5.14. The number of halogens is 3. The first-order chi connectivity index (χ1) is 7.45. The summed E-state index contributed by atoms with van der Waals surface area (Å²) in [4.78, 5) is 23.9. The van der Waals surface area contributed by atoms with Gasteiger partial charge in [-0.15, -0.1) is 0 Å². The van der Waals surface area contributed by atoms with E-state index in [1.807, 2.05) is 0 Å². The summed E-state index contributed by atoms with van der Waals surface area (Å²) in [6.45, 7) is 1.86. The maximum absolute atomic E-state index is 12.0. The molecular formula is C10H14BrF2LiN2O2. The molecule has 2 atom stereocenters. The van der Waals surface area contributed by atoms with Crippen LogP contribution >= 0.6 is 0 Å². The number of amides is 2. The van der Waals surface area contributed by atoms with Crippen LogP contribution in [-0.4, -0.2) is 29.3 Å². The average molecular weight is 319 g/mol. The SMILES string of the molecule is CC[C@H](C(N)=O)N1C[C@H](C=C(F)F)CC1=O.[Br-].[Li+]. The number of rotatable bonds is 4. The number of nitrogens with zero attached hydrogens (tertiary/aromatic N) is 1. The Kier molecular flexibility index (Phi) is 9.61. The molecule has 0 saturated carbocycles. The van der Waals surface area contributed by atoms with Crippen LogP contribution in [0.2, 0.25) is 0 Å². The molecular weight excluding hydrogens is 305 g/mol. The molecule has 0 aromatic rings. The van der Waals surface area contributed by atoms with Gasteiger partial charge in [-0.25, -0.2) is 0 Å². The molecule has 98 valence electrons. The van der Waals surface area contributed by atoms with Gasteiger partial charge in [0.15, 0.2) is 0 Å². The second kappa shape index (κ2) is 8.67. The van der Waals surface area contributed by atoms with Gasteiger partial charge in [-0.1, -0.05) is 6.92 Å². The van der Waals surface area contributed by atoms with E-state index in [0.29, 0.717) is 6.42 Å². The number of likely N-dealkylation sites (tertiary alicyclic amines) is 1. The first-order valence-electron chi connectivity index (χ1n) is 5.07. The van der Waals surface area contributed by atoms with Gasteiger partial charge < -0.3 is 27.6 Å². The molecule has 1 aliphatic rings. The second-order valence-corrected chi connectivity index (χ2v) is 3.79. The predicted octanol–water partition coefficient (Wildman–Crippen LogP) is -5.11. The van der Waals surface area contributed by atoms with E-state index in [2.05, 4.69) is 0 Å². The van der Waals surface area contributed by atoms with Crippen molar-refractivity contribution in [3.05, 3.63) is 12.2 Å². The van der Waals surface area contributed by atoms with Crippen LogP contribution in [0, 0.1) is 5.92 Å². The largest absolute Gasteiger partial charge is 1.00 e. The molecule has 1 aliphatic heterocycles. The summed E-state index contributed by atoms with van der Waals surface area (Å²) in [7, 11) is 0. The van der Waals surface area contributed by atoms with Crippen LogP contribution < -0.4 is 41.6 Å². The van der Waals surface area contributed by atoms with E-state index in [4.69, 9.17) is 5.73 Å². The minimum atomic E-state index is -1.80. The molecule has 0 aromatic carbocycles. The number of carbonyl (C=O) groups excluding carboxylic acids is 2. The van der Waals surface area contributed by atoms with Crippen molar-refractivity contribution in [2.75, 3.05) is 6.54 Å². The summed E-state index contributed by atoms with van der Waals surface area (Å²) in [5.74, 6) is -1.42. The van der Waals surface area contributed by atoms with E-state index in [-0.39, 0.29) is 54.7 Å². The number of nitrogens with two attached hydrogens (primary N) is 1. The molecule has 1 rings (SSSR count). The van der Waals surface area contributed by atoms with Gasteiger partial charge in [0.1, 0.15) is 6.04 Å². The zero-order valence-electron chi connectivity index (χ0n) is 10.3. The molecule has 0 aromatic heterocycles. The van der Waals surface area contributed by atoms with Gasteiger partial charge in [0.25, 0.3) is 6.08 Å². The molecule has 2 N–H and O–H groups in total. The molecule has 1 heterocycles. The monoisotopic (exact) mass is 318 g/mol. The van der Waals surface area contributed by atoms with E-state index < -0.39 is 23.9 Å². The van der Waals surface area contributed by atoms with Crippen LogP contribution in [0.15, 0.2) is 12.2 Å². The molecule has 1 fully saturated rings. The Balaban J connectivity index is 0. The number of hydrogen-bond donors (Lipinski definition) is 1. The molecule has 8 heteroatoms. The number of hydrogen-bond acceptors (Lipinski definition) is 2. The molecule has 0 bridgehead atoms. The minimum Gasteiger partial charge on any atom is -1.00 e. The maximum Gasteiger partial charge on any atom is 1.00 e. The molecule has 4 nitrogen and oxygen atoms in total. The van der Waals surface area contributed by atoms with Crippen LogP contribution in [0.4, 0.5) is 8.78 Å². The third-order valence-electron chi connectivity index (χ3n) is 2.64. The van der Waals surface area contributed by atoms with Crippen molar-refractivity contribution in [1.29, 1.82) is 0 Å². The van der Waals surface area contributed by atoms with Gasteiger partial charge >= 0.3 is 18.9 Å². The summed E-state index contributed by atoms with van der Waals surface area (Å²) in [6.07, 6.45) is -0.630. The molecule has 0 unspecified atom stereocenters. The Morgan fingerprint density at radius 2 is 2.17 bits per heavy atom. The summed E-state index contributed by atoms with van der Waals surface area (Å²) in [5, 5.41) is 0. The van der Waals surface area contributed by atoms with Crippen molar-refractivity contribution in [1.82, 2.24) is 4.90 Å². The van der Waals surface area contributed by atoms with E-state index in [1.54, 1.807) is 6.92 Å². The van der Waals surface area contributed by atoms with Crippen LogP contribution in [0.3, 0.4) is 0 Å². The van der Waals surface area contributed by atoms with Gasteiger partial charge in [0, 0.05) is 18.9 Å². The van der Waals surface area contributed by atoms with E-state index >= 15 is 0 Å². The molecule has 0 aliphatic carbocycles. The standard InChI is InChI=1S/C10H14F2N2O2.BrH.Li/c1-2-7(10(13)16)14-5-6(3-8(11)12)4-9(14)15;;/h3,6-7H,2,4-5H2,1H3,(H2,13,16);1H;/q;;+1/p-1/t6-,7-;;/m1../s1. The van der Waals surface area contributed by atoms with Crippen LogP contribution in [-0.2, 0) is 9.59 Å². The van der Waals surface area contributed by atoms with Crippen molar-refractivity contribution in [2.24, 2.45) is 11.7 Å². The Hall–Kier alpha value is -0.383. The number of carbonyl (C=O) groups is 2. The van der Waals surface area contributed by atoms with E-state index in [0.717, 1.165) is 6.08 Å². The smallest absolute Gasteiger partial charge is 1.00 e. The molecule has 1 saturated heterocycles. The third kappa shape index (κ3) is 5.08. The molecule has 0 radical (unpaired) electrons. The molecule has 0 spiro atoms. The maximum atomic E-state index is 12.0. The zero-order chi connectivity index (χ0) is 12.3. The summed E-state index contributed by atoms with van der Waals surface area (Å²) in [6, 6.07) is -0.687. The second-order valence-electron chi connectivity index (χ2n) is 3.79. The molecule has 2 amide bonds. The fourth-order valence-electron chi connectivity index (χ4n) is 1.93. The summed E-state index contributed by atoms with van der Waals surface area (Å²) < 4.78 is 24.0. The van der Waals surface area contributed by atoms with Gasteiger partial charge in [0.2, 0.25) is 11.8 Å². The first-order valence-corrected chi connectivity index (χ1v) is 5.07. The van der Waals surface area contributed by atoms with E-state index in [9.17, 15) is 18.4 Å². The van der Waals surface area contributed by atoms with Gasteiger partial charge in [-0.05, 0) is 12.5 Å². The van der Waals surface area contributed by atoms with Crippen molar-refractivity contribution >= 4 is 11.8 Å².